The van der Waals surface area contributed by atoms with Gasteiger partial charge < -0.3 is 10.9 Å². The summed E-state index contributed by atoms with van der Waals surface area (Å²) >= 11 is 0. The highest BCUT2D eigenvalue weighted by Crippen LogP contribution is 2.23. The van der Waals surface area contributed by atoms with E-state index in [0.717, 1.165) is 22.2 Å². The van der Waals surface area contributed by atoms with Crippen LogP contribution in [0, 0.1) is 6.92 Å². The Morgan fingerprint density at radius 1 is 1.20 bits per heavy atom. The topological polar surface area (TPSA) is 76.4 Å². The maximum absolute atomic E-state index is 8.95. The predicted octanol–water partition coefficient (Wildman–Crippen LogP) is 2.43. The summed E-state index contributed by atoms with van der Waals surface area (Å²) < 4.78 is 1.82. The maximum atomic E-state index is 8.95. The number of amidine groups is 1. The zero-order chi connectivity index (χ0) is 14.1. The van der Waals surface area contributed by atoms with Crippen molar-refractivity contribution in [1.29, 1.82) is 0 Å². The molecule has 0 fully saturated rings. The molecule has 0 unspecified atom stereocenters. The van der Waals surface area contributed by atoms with Crippen LogP contribution in [0.2, 0.25) is 0 Å². The molecule has 0 saturated heterocycles. The number of hydrogen-bond acceptors (Lipinski definition) is 3. The number of rotatable bonds is 2. The van der Waals surface area contributed by atoms with E-state index >= 15 is 0 Å². The number of hydrogen-bond donors (Lipinski definition) is 2. The molecule has 5 nitrogen and oxygen atoms in total. The average Bonchev–Trinajstić information content (AvgIpc) is 2.90. The van der Waals surface area contributed by atoms with Crippen molar-refractivity contribution < 1.29 is 5.21 Å². The molecule has 0 aliphatic rings. The van der Waals surface area contributed by atoms with Gasteiger partial charge in [-0.05, 0) is 24.6 Å². The van der Waals surface area contributed by atoms with Crippen LogP contribution in [-0.2, 0) is 0 Å². The Balaban J connectivity index is 2.34. The van der Waals surface area contributed by atoms with Crippen LogP contribution in [0.15, 0.2) is 53.8 Å². The first-order valence-electron chi connectivity index (χ1n) is 6.23. The SMILES string of the molecule is Cc1cccc(/C(N)=N/O)c1-n1ncc2ccccc21. The van der Waals surface area contributed by atoms with Gasteiger partial charge >= 0.3 is 0 Å². The molecule has 3 rings (SSSR count). The van der Waals surface area contributed by atoms with Crippen molar-refractivity contribution in [1.82, 2.24) is 9.78 Å². The quantitative estimate of drug-likeness (QED) is 0.324. The van der Waals surface area contributed by atoms with Gasteiger partial charge in [0.15, 0.2) is 5.84 Å². The van der Waals surface area contributed by atoms with Gasteiger partial charge in [-0.1, -0.05) is 35.5 Å². The van der Waals surface area contributed by atoms with Crippen LogP contribution < -0.4 is 5.73 Å². The van der Waals surface area contributed by atoms with Gasteiger partial charge in [0.05, 0.1) is 17.4 Å². The molecular weight excluding hydrogens is 252 g/mol. The number of aryl methyl sites for hydroxylation is 1. The number of benzene rings is 2. The molecule has 0 spiro atoms. The fourth-order valence-corrected chi connectivity index (χ4v) is 2.35. The van der Waals surface area contributed by atoms with E-state index in [2.05, 4.69) is 10.3 Å². The molecule has 3 aromatic rings. The summed E-state index contributed by atoms with van der Waals surface area (Å²) in [5, 5.41) is 17.5. The molecule has 1 heterocycles. The molecule has 0 aliphatic carbocycles. The van der Waals surface area contributed by atoms with Crippen LogP contribution in [0.1, 0.15) is 11.1 Å². The lowest BCUT2D eigenvalue weighted by Gasteiger charge is -2.12. The Bertz CT molecular complexity index is 804. The van der Waals surface area contributed by atoms with Crippen molar-refractivity contribution in [3.05, 3.63) is 59.8 Å². The Labute approximate surface area is 115 Å². The number of oxime groups is 1. The van der Waals surface area contributed by atoms with E-state index in [4.69, 9.17) is 10.9 Å². The molecule has 100 valence electrons. The fourth-order valence-electron chi connectivity index (χ4n) is 2.35. The smallest absolute Gasteiger partial charge is 0.172 e. The molecule has 1 aromatic heterocycles. The Kier molecular flexibility index (Phi) is 2.87. The summed E-state index contributed by atoms with van der Waals surface area (Å²) in [5.41, 5.74) is 9.23. The molecule has 0 bridgehead atoms. The monoisotopic (exact) mass is 266 g/mol. The number of fused-ring (bicyclic) bond motifs is 1. The highest BCUT2D eigenvalue weighted by Gasteiger charge is 2.14. The summed E-state index contributed by atoms with van der Waals surface area (Å²) in [6.45, 7) is 1.97. The normalized spacial score (nSPS) is 11.9. The third-order valence-corrected chi connectivity index (χ3v) is 3.31. The van der Waals surface area contributed by atoms with E-state index < -0.39 is 0 Å². The molecule has 0 radical (unpaired) electrons. The van der Waals surface area contributed by atoms with Crippen molar-refractivity contribution in [2.24, 2.45) is 10.9 Å². The summed E-state index contributed by atoms with van der Waals surface area (Å²) in [6.07, 6.45) is 1.80. The molecule has 20 heavy (non-hydrogen) atoms. The standard InChI is InChI=1S/C15H14N4O/c1-10-5-4-7-12(15(16)18-20)14(10)19-13-8-3-2-6-11(13)9-17-19/h2-9,20H,1H3,(H2,16,18). The first-order valence-corrected chi connectivity index (χ1v) is 6.23. The second-order valence-electron chi connectivity index (χ2n) is 4.57. The largest absolute Gasteiger partial charge is 0.409 e. The minimum absolute atomic E-state index is 0.0725. The van der Waals surface area contributed by atoms with E-state index in [1.54, 1.807) is 6.20 Å². The first-order chi connectivity index (χ1) is 9.72. The van der Waals surface area contributed by atoms with Crippen LogP contribution in [-0.4, -0.2) is 20.8 Å². The number of para-hydroxylation sites is 2. The Hall–Kier alpha value is -2.82. The molecule has 5 heteroatoms. The summed E-state index contributed by atoms with van der Waals surface area (Å²) in [6, 6.07) is 13.6. The molecule has 2 aromatic carbocycles. The lowest BCUT2D eigenvalue weighted by molar-refractivity contribution is 0.318. The number of nitrogens with two attached hydrogens (primary N) is 1. The second-order valence-corrected chi connectivity index (χ2v) is 4.57. The molecule has 0 saturated carbocycles. The highest BCUT2D eigenvalue weighted by molar-refractivity contribution is 6.01. The zero-order valence-electron chi connectivity index (χ0n) is 11.0. The van der Waals surface area contributed by atoms with Crippen molar-refractivity contribution in [2.45, 2.75) is 6.92 Å². The predicted molar refractivity (Wildman–Crippen MR) is 78.3 cm³/mol. The van der Waals surface area contributed by atoms with Crippen LogP contribution in [0.3, 0.4) is 0 Å². The Morgan fingerprint density at radius 2 is 2.00 bits per heavy atom. The number of nitrogens with zero attached hydrogens (tertiary/aromatic N) is 3. The van der Waals surface area contributed by atoms with Crippen LogP contribution >= 0.6 is 0 Å². The molecule has 3 N–H and O–H groups in total. The van der Waals surface area contributed by atoms with E-state index in [9.17, 15) is 0 Å². The van der Waals surface area contributed by atoms with Gasteiger partial charge in [-0.15, -0.1) is 0 Å². The van der Waals surface area contributed by atoms with Crippen molar-refractivity contribution in [2.75, 3.05) is 0 Å². The summed E-state index contributed by atoms with van der Waals surface area (Å²) in [7, 11) is 0. The Morgan fingerprint density at radius 3 is 2.80 bits per heavy atom. The lowest BCUT2D eigenvalue weighted by Crippen LogP contribution is -2.17. The van der Waals surface area contributed by atoms with Gasteiger partial charge in [-0.3, -0.25) is 0 Å². The zero-order valence-corrected chi connectivity index (χ0v) is 11.0. The molecule has 0 amide bonds. The molecule has 0 aliphatic heterocycles. The van der Waals surface area contributed by atoms with E-state index in [1.165, 1.54) is 0 Å². The first kappa shape index (κ1) is 12.2. The summed E-state index contributed by atoms with van der Waals surface area (Å²) in [4.78, 5) is 0. The third-order valence-electron chi connectivity index (χ3n) is 3.31. The van der Waals surface area contributed by atoms with Gasteiger partial charge in [-0.25, -0.2) is 4.68 Å². The van der Waals surface area contributed by atoms with Gasteiger partial charge in [-0.2, -0.15) is 5.10 Å². The van der Waals surface area contributed by atoms with Crippen molar-refractivity contribution >= 4 is 16.7 Å². The average molecular weight is 266 g/mol. The highest BCUT2D eigenvalue weighted by atomic mass is 16.4. The van der Waals surface area contributed by atoms with Gasteiger partial charge in [0, 0.05) is 10.9 Å². The van der Waals surface area contributed by atoms with Crippen molar-refractivity contribution in [3.63, 3.8) is 0 Å². The third kappa shape index (κ3) is 1.80. The van der Waals surface area contributed by atoms with Crippen LogP contribution in [0.5, 0.6) is 0 Å². The van der Waals surface area contributed by atoms with E-state index in [-0.39, 0.29) is 5.84 Å². The van der Waals surface area contributed by atoms with Gasteiger partial charge in [0.1, 0.15) is 0 Å². The van der Waals surface area contributed by atoms with E-state index in [1.807, 2.05) is 54.1 Å². The van der Waals surface area contributed by atoms with E-state index in [0.29, 0.717) is 5.56 Å². The van der Waals surface area contributed by atoms with Gasteiger partial charge in [0.2, 0.25) is 0 Å². The maximum Gasteiger partial charge on any atom is 0.172 e. The minimum atomic E-state index is 0.0725. The van der Waals surface area contributed by atoms with Crippen molar-refractivity contribution in [3.8, 4) is 5.69 Å². The molecule has 0 atom stereocenters. The number of aromatic nitrogens is 2. The van der Waals surface area contributed by atoms with Crippen LogP contribution in [0.25, 0.3) is 16.6 Å². The van der Waals surface area contributed by atoms with Crippen LogP contribution in [0.4, 0.5) is 0 Å². The second kappa shape index (κ2) is 4.70. The fraction of sp³-hybridized carbons (Fsp3) is 0.0667. The minimum Gasteiger partial charge on any atom is -0.409 e. The summed E-state index contributed by atoms with van der Waals surface area (Å²) in [5.74, 6) is 0.0725. The molecular formula is C15H14N4O. The lowest BCUT2D eigenvalue weighted by atomic mass is 10.1. The van der Waals surface area contributed by atoms with Gasteiger partial charge in [0.25, 0.3) is 0 Å².